The lowest BCUT2D eigenvalue weighted by Crippen LogP contribution is -2.52. The number of aliphatic hydroxyl groups excluding tert-OH is 1. The number of aromatic nitrogens is 1. The highest BCUT2D eigenvalue weighted by Crippen LogP contribution is 2.52. The van der Waals surface area contributed by atoms with Crippen molar-refractivity contribution in [2.75, 3.05) is 7.11 Å². The van der Waals surface area contributed by atoms with Gasteiger partial charge in [-0.15, -0.1) is 0 Å². The molecule has 1 fully saturated rings. The fraction of sp³-hybridized carbons (Fsp3) is 0.200. The molecule has 1 saturated carbocycles. The highest BCUT2D eigenvalue weighted by Gasteiger charge is 2.54. The van der Waals surface area contributed by atoms with Crippen molar-refractivity contribution in [2.24, 2.45) is 0 Å². The van der Waals surface area contributed by atoms with Crippen LogP contribution in [0.4, 0.5) is 0 Å². The summed E-state index contributed by atoms with van der Waals surface area (Å²) in [5.41, 5.74) is 3.01. The number of benzene rings is 2. The Hall–Kier alpha value is -3.60. The molecular weight excluding hydrogens is 378 g/mol. The molecule has 5 heteroatoms. The van der Waals surface area contributed by atoms with E-state index in [4.69, 9.17) is 4.74 Å². The zero-order chi connectivity index (χ0) is 20.9. The number of rotatable bonds is 3. The maximum atomic E-state index is 13.4. The van der Waals surface area contributed by atoms with Crippen LogP contribution < -0.4 is 0 Å². The molecule has 2 aliphatic rings. The smallest absolute Gasteiger partial charge is 0.345 e. The van der Waals surface area contributed by atoms with Crippen LogP contribution >= 0.6 is 0 Å². The normalized spacial score (nSPS) is 16.9. The van der Waals surface area contributed by atoms with Crippen LogP contribution in [0.3, 0.4) is 0 Å². The van der Waals surface area contributed by atoms with Crippen molar-refractivity contribution >= 4 is 17.5 Å². The SMILES string of the molecule is COC(=O)C1=C(O)c2c(-c3ccccc3)c(-c3ccccc3)cn2C2(CCC2)C1=O. The van der Waals surface area contributed by atoms with Crippen LogP contribution in [-0.4, -0.2) is 28.5 Å². The zero-order valence-electron chi connectivity index (χ0n) is 16.6. The summed E-state index contributed by atoms with van der Waals surface area (Å²) in [5, 5.41) is 11.2. The standard InChI is InChI=1S/C25H21NO4/c1-30-24(29)20-22(27)21-19(17-11-6-3-7-12-17)18(16-9-4-2-5-10-16)15-26(21)25(23(20)28)13-8-14-25/h2-7,9-12,15,27H,8,13-14H2,1H3. The number of ether oxygens (including phenoxy) is 1. The first-order chi connectivity index (χ1) is 14.6. The van der Waals surface area contributed by atoms with E-state index in [1.807, 2.05) is 71.4 Å². The van der Waals surface area contributed by atoms with Gasteiger partial charge in [0, 0.05) is 17.3 Å². The number of carbonyl (C=O) groups excluding carboxylic acids is 2. The second-order valence-electron chi connectivity index (χ2n) is 7.80. The summed E-state index contributed by atoms with van der Waals surface area (Å²) in [6.45, 7) is 0. The first-order valence-corrected chi connectivity index (χ1v) is 10.0. The van der Waals surface area contributed by atoms with Crippen LogP contribution in [0, 0.1) is 0 Å². The van der Waals surface area contributed by atoms with E-state index in [0.717, 1.165) is 28.7 Å². The summed E-state index contributed by atoms with van der Waals surface area (Å²) in [7, 11) is 1.23. The Morgan fingerprint density at radius 1 is 1.00 bits per heavy atom. The number of hydrogen-bond donors (Lipinski definition) is 1. The third-order valence-electron chi connectivity index (χ3n) is 6.29. The predicted octanol–water partition coefficient (Wildman–Crippen LogP) is 4.73. The van der Waals surface area contributed by atoms with E-state index < -0.39 is 11.5 Å². The van der Waals surface area contributed by atoms with Gasteiger partial charge in [0.05, 0.1) is 12.8 Å². The van der Waals surface area contributed by atoms with Crippen LogP contribution in [0.2, 0.25) is 0 Å². The lowest BCUT2D eigenvalue weighted by Gasteiger charge is -2.45. The predicted molar refractivity (Wildman–Crippen MR) is 114 cm³/mol. The molecule has 1 N–H and O–H groups in total. The Morgan fingerprint density at radius 3 is 2.13 bits per heavy atom. The summed E-state index contributed by atoms with van der Waals surface area (Å²) in [6.07, 6.45) is 4.10. The van der Waals surface area contributed by atoms with Gasteiger partial charge >= 0.3 is 5.97 Å². The molecule has 1 aliphatic heterocycles. The van der Waals surface area contributed by atoms with Gasteiger partial charge in [-0.1, -0.05) is 60.7 Å². The van der Waals surface area contributed by atoms with Gasteiger partial charge in [0.2, 0.25) is 0 Å². The second kappa shape index (κ2) is 6.73. The van der Waals surface area contributed by atoms with Crippen molar-refractivity contribution in [3.63, 3.8) is 0 Å². The topological polar surface area (TPSA) is 68.5 Å². The van der Waals surface area contributed by atoms with Gasteiger partial charge in [-0.05, 0) is 30.4 Å². The van der Waals surface area contributed by atoms with Crippen molar-refractivity contribution in [1.29, 1.82) is 0 Å². The molecule has 5 rings (SSSR count). The maximum Gasteiger partial charge on any atom is 0.345 e. The van der Waals surface area contributed by atoms with Crippen molar-refractivity contribution in [1.82, 2.24) is 4.57 Å². The van der Waals surface area contributed by atoms with E-state index in [1.165, 1.54) is 7.11 Å². The van der Waals surface area contributed by atoms with E-state index in [-0.39, 0.29) is 17.1 Å². The Labute approximate surface area is 174 Å². The molecule has 1 aliphatic carbocycles. The first kappa shape index (κ1) is 18.4. The monoisotopic (exact) mass is 399 g/mol. The molecule has 30 heavy (non-hydrogen) atoms. The summed E-state index contributed by atoms with van der Waals surface area (Å²) in [5.74, 6) is -1.47. The summed E-state index contributed by atoms with van der Waals surface area (Å²) < 4.78 is 6.75. The van der Waals surface area contributed by atoms with Gasteiger partial charge in [0.25, 0.3) is 0 Å². The Bertz CT molecular complexity index is 1180. The Kier molecular flexibility index (Phi) is 4.13. The molecular formula is C25H21NO4. The highest BCUT2D eigenvalue weighted by molar-refractivity contribution is 6.26. The highest BCUT2D eigenvalue weighted by atomic mass is 16.5. The minimum absolute atomic E-state index is 0.250. The zero-order valence-corrected chi connectivity index (χ0v) is 16.6. The molecule has 1 aromatic heterocycles. The number of nitrogens with zero attached hydrogens (tertiary/aromatic N) is 1. The number of methoxy groups -OCH3 is 1. The third kappa shape index (κ3) is 2.41. The van der Waals surface area contributed by atoms with Gasteiger partial charge in [-0.2, -0.15) is 0 Å². The number of aliphatic hydroxyl groups is 1. The van der Waals surface area contributed by atoms with E-state index in [1.54, 1.807) is 0 Å². The molecule has 3 aromatic rings. The molecule has 150 valence electrons. The molecule has 5 nitrogen and oxygen atoms in total. The lowest BCUT2D eigenvalue weighted by molar-refractivity contribution is -0.140. The van der Waals surface area contributed by atoms with E-state index >= 15 is 0 Å². The van der Waals surface area contributed by atoms with Crippen LogP contribution in [-0.2, 0) is 19.9 Å². The average molecular weight is 399 g/mol. The van der Waals surface area contributed by atoms with Crippen LogP contribution in [0.25, 0.3) is 28.0 Å². The Balaban J connectivity index is 1.89. The summed E-state index contributed by atoms with van der Waals surface area (Å²) >= 11 is 0. The summed E-state index contributed by atoms with van der Waals surface area (Å²) in [4.78, 5) is 25.8. The molecule has 0 saturated heterocycles. The molecule has 0 radical (unpaired) electrons. The minimum Gasteiger partial charge on any atom is -0.505 e. The minimum atomic E-state index is -0.846. The number of ketones is 1. The molecule has 2 heterocycles. The van der Waals surface area contributed by atoms with E-state index in [2.05, 4.69) is 0 Å². The summed E-state index contributed by atoms with van der Waals surface area (Å²) in [6, 6.07) is 19.6. The van der Waals surface area contributed by atoms with Crippen molar-refractivity contribution < 1.29 is 19.4 Å². The number of fused-ring (bicyclic) bond motifs is 2. The van der Waals surface area contributed by atoms with Crippen molar-refractivity contribution in [3.8, 4) is 22.3 Å². The van der Waals surface area contributed by atoms with Crippen LogP contribution in [0.15, 0.2) is 72.4 Å². The molecule has 0 atom stereocenters. The van der Waals surface area contributed by atoms with E-state index in [9.17, 15) is 14.7 Å². The number of carbonyl (C=O) groups is 2. The van der Waals surface area contributed by atoms with Crippen LogP contribution in [0.1, 0.15) is 25.0 Å². The van der Waals surface area contributed by atoms with Crippen LogP contribution in [0.5, 0.6) is 0 Å². The number of Topliss-reactive ketones (excluding diaryl/α,β-unsaturated/α-hetero) is 1. The molecule has 0 bridgehead atoms. The van der Waals surface area contributed by atoms with Gasteiger partial charge in [0.1, 0.15) is 11.1 Å². The molecule has 1 spiro atoms. The quantitative estimate of drug-likeness (QED) is 0.511. The maximum absolute atomic E-state index is 13.4. The largest absolute Gasteiger partial charge is 0.505 e. The molecule has 2 aromatic carbocycles. The van der Waals surface area contributed by atoms with E-state index in [0.29, 0.717) is 18.5 Å². The van der Waals surface area contributed by atoms with Crippen molar-refractivity contribution in [2.45, 2.75) is 24.8 Å². The second-order valence-corrected chi connectivity index (χ2v) is 7.80. The van der Waals surface area contributed by atoms with Gasteiger partial charge in [-0.3, -0.25) is 4.79 Å². The van der Waals surface area contributed by atoms with Crippen molar-refractivity contribution in [3.05, 3.63) is 78.1 Å². The van der Waals surface area contributed by atoms with Gasteiger partial charge < -0.3 is 14.4 Å². The fourth-order valence-corrected chi connectivity index (χ4v) is 4.65. The van der Waals surface area contributed by atoms with Gasteiger partial charge in [0.15, 0.2) is 11.5 Å². The lowest BCUT2D eigenvalue weighted by atomic mass is 9.69. The third-order valence-corrected chi connectivity index (χ3v) is 6.29. The fourth-order valence-electron chi connectivity index (χ4n) is 4.65. The first-order valence-electron chi connectivity index (χ1n) is 10.0. The number of esters is 1. The Morgan fingerprint density at radius 2 is 1.60 bits per heavy atom. The van der Waals surface area contributed by atoms with Gasteiger partial charge in [-0.25, -0.2) is 4.79 Å². The average Bonchev–Trinajstić information content (AvgIpc) is 3.15. The molecule has 0 amide bonds. The molecule has 0 unspecified atom stereocenters. The number of hydrogen-bond acceptors (Lipinski definition) is 4.